The number of hydrogen-bond donors (Lipinski definition) is 3. The first-order valence-corrected chi connectivity index (χ1v) is 7.04. The summed E-state index contributed by atoms with van der Waals surface area (Å²) in [6.07, 6.45) is 0.996. The van der Waals surface area contributed by atoms with Crippen molar-refractivity contribution in [3.8, 4) is 0 Å². The summed E-state index contributed by atoms with van der Waals surface area (Å²) < 4.78 is 0. The number of carbonyl (C=O) groups is 2. The number of aromatic carboxylic acids is 1. The summed E-state index contributed by atoms with van der Waals surface area (Å²) in [7, 11) is 0. The summed E-state index contributed by atoms with van der Waals surface area (Å²) in [6, 6.07) is -0.171. The molecule has 6 nitrogen and oxygen atoms in total. The number of nitrogens with zero attached hydrogens (tertiary/aromatic N) is 1. The first-order chi connectivity index (χ1) is 8.93. The van der Waals surface area contributed by atoms with Gasteiger partial charge in [0.05, 0.1) is 6.54 Å². The van der Waals surface area contributed by atoms with E-state index in [4.69, 9.17) is 5.11 Å². The molecule has 1 aromatic heterocycles. The fourth-order valence-corrected chi connectivity index (χ4v) is 2.11. The predicted molar refractivity (Wildman–Crippen MR) is 73.4 cm³/mol. The number of amides is 2. The molecule has 0 fully saturated rings. The molecule has 2 amide bonds. The Morgan fingerprint density at radius 3 is 2.68 bits per heavy atom. The molecule has 7 heteroatoms. The van der Waals surface area contributed by atoms with Crippen molar-refractivity contribution >= 4 is 23.3 Å². The van der Waals surface area contributed by atoms with Crippen LogP contribution in [0.3, 0.4) is 0 Å². The largest absolute Gasteiger partial charge is 0.476 e. The second-order valence-electron chi connectivity index (χ2n) is 4.43. The van der Waals surface area contributed by atoms with Gasteiger partial charge < -0.3 is 15.7 Å². The number of thiazole rings is 1. The lowest BCUT2D eigenvalue weighted by Crippen LogP contribution is -2.43. The molecule has 0 saturated carbocycles. The second kappa shape index (κ2) is 7.08. The molecule has 1 aromatic rings. The minimum Gasteiger partial charge on any atom is -0.476 e. The van der Waals surface area contributed by atoms with E-state index in [9.17, 15) is 9.59 Å². The number of carboxylic acids is 1. The van der Waals surface area contributed by atoms with E-state index >= 15 is 0 Å². The van der Waals surface area contributed by atoms with Crippen molar-refractivity contribution < 1.29 is 14.7 Å². The molecule has 2 atom stereocenters. The molecule has 0 radical (unpaired) electrons. The number of rotatable bonds is 6. The Morgan fingerprint density at radius 1 is 1.47 bits per heavy atom. The molecule has 3 N–H and O–H groups in total. The predicted octanol–water partition coefficient (Wildman–Crippen LogP) is 2.08. The molecule has 106 valence electrons. The van der Waals surface area contributed by atoms with Crippen LogP contribution < -0.4 is 10.6 Å². The summed E-state index contributed by atoms with van der Waals surface area (Å²) in [4.78, 5) is 26.2. The summed E-state index contributed by atoms with van der Waals surface area (Å²) in [6.45, 7) is 6.34. The van der Waals surface area contributed by atoms with Gasteiger partial charge in [-0.05, 0) is 12.8 Å². The molecule has 0 bridgehead atoms. The number of aromatic nitrogens is 1. The Kier molecular flexibility index (Phi) is 5.75. The van der Waals surface area contributed by atoms with Gasteiger partial charge in [0, 0.05) is 11.4 Å². The van der Waals surface area contributed by atoms with Gasteiger partial charge >= 0.3 is 12.0 Å². The lowest BCUT2D eigenvalue weighted by molar-refractivity contribution is 0.0691. The molecular formula is C12H19N3O3S. The Labute approximate surface area is 116 Å². The maximum atomic E-state index is 11.6. The number of nitrogens with one attached hydrogen (secondary N) is 2. The first kappa shape index (κ1) is 15.4. The summed E-state index contributed by atoms with van der Waals surface area (Å²) >= 11 is 1.22. The van der Waals surface area contributed by atoms with Crippen molar-refractivity contribution in [2.45, 2.75) is 39.8 Å². The van der Waals surface area contributed by atoms with E-state index < -0.39 is 5.97 Å². The van der Waals surface area contributed by atoms with Crippen LogP contribution in [0.1, 0.15) is 42.7 Å². The third kappa shape index (κ3) is 4.86. The first-order valence-electron chi connectivity index (χ1n) is 6.16. The zero-order chi connectivity index (χ0) is 14.4. The monoisotopic (exact) mass is 285 g/mol. The van der Waals surface area contributed by atoms with E-state index in [1.54, 1.807) is 0 Å². The highest BCUT2D eigenvalue weighted by atomic mass is 32.1. The van der Waals surface area contributed by atoms with E-state index in [-0.39, 0.29) is 24.3 Å². The normalized spacial score (nSPS) is 13.6. The number of hydrogen-bond acceptors (Lipinski definition) is 4. The highest BCUT2D eigenvalue weighted by Crippen LogP contribution is 2.09. The van der Waals surface area contributed by atoms with E-state index in [0.29, 0.717) is 10.9 Å². The van der Waals surface area contributed by atoms with Gasteiger partial charge in [0.25, 0.3) is 0 Å². The average molecular weight is 285 g/mol. The van der Waals surface area contributed by atoms with E-state index in [0.717, 1.165) is 6.42 Å². The van der Waals surface area contributed by atoms with Crippen LogP contribution in [0, 0.1) is 5.92 Å². The van der Waals surface area contributed by atoms with Crippen LogP contribution in [-0.2, 0) is 6.54 Å². The molecule has 1 heterocycles. The van der Waals surface area contributed by atoms with Gasteiger partial charge in [0.1, 0.15) is 5.01 Å². The van der Waals surface area contributed by atoms with Crippen LogP contribution in [0.25, 0.3) is 0 Å². The van der Waals surface area contributed by atoms with E-state index in [1.807, 2.05) is 6.92 Å². The van der Waals surface area contributed by atoms with Gasteiger partial charge in [0.15, 0.2) is 5.69 Å². The van der Waals surface area contributed by atoms with Gasteiger partial charge in [-0.2, -0.15) is 0 Å². The van der Waals surface area contributed by atoms with Crippen molar-refractivity contribution in [2.75, 3.05) is 0 Å². The smallest absolute Gasteiger partial charge is 0.355 e. The van der Waals surface area contributed by atoms with Crippen LogP contribution in [0.5, 0.6) is 0 Å². The maximum absolute atomic E-state index is 11.6. The zero-order valence-corrected chi connectivity index (χ0v) is 12.1. The molecule has 0 aliphatic heterocycles. The Bertz CT molecular complexity index is 447. The van der Waals surface area contributed by atoms with Crippen molar-refractivity contribution in [3.05, 3.63) is 16.1 Å². The summed E-state index contributed by atoms with van der Waals surface area (Å²) in [5.41, 5.74) is 0.00943. The van der Waals surface area contributed by atoms with Crippen LogP contribution in [0.2, 0.25) is 0 Å². The quantitative estimate of drug-likeness (QED) is 0.746. The number of carboxylic acid groups (broad SMARTS) is 1. The summed E-state index contributed by atoms with van der Waals surface area (Å²) in [5.74, 6) is -0.651. The lowest BCUT2D eigenvalue weighted by atomic mass is 10.0. The van der Waals surface area contributed by atoms with Crippen LogP contribution in [-0.4, -0.2) is 28.1 Å². The van der Waals surface area contributed by atoms with Crippen molar-refractivity contribution in [1.82, 2.24) is 15.6 Å². The molecule has 1 rings (SSSR count). The molecule has 19 heavy (non-hydrogen) atoms. The van der Waals surface area contributed by atoms with Gasteiger partial charge in [-0.15, -0.1) is 11.3 Å². The second-order valence-corrected chi connectivity index (χ2v) is 5.38. The fourth-order valence-electron chi connectivity index (χ4n) is 1.40. The van der Waals surface area contributed by atoms with Crippen LogP contribution in [0.15, 0.2) is 5.38 Å². The zero-order valence-electron chi connectivity index (χ0n) is 11.3. The summed E-state index contributed by atoms with van der Waals surface area (Å²) in [5, 5.41) is 16.3. The molecule has 0 aliphatic rings. The van der Waals surface area contributed by atoms with Crippen molar-refractivity contribution in [1.29, 1.82) is 0 Å². The molecule has 0 spiro atoms. The Morgan fingerprint density at radius 2 is 2.16 bits per heavy atom. The minimum atomic E-state index is -1.06. The molecule has 0 aromatic carbocycles. The van der Waals surface area contributed by atoms with Gasteiger partial charge in [-0.3, -0.25) is 0 Å². The van der Waals surface area contributed by atoms with Crippen molar-refractivity contribution in [2.24, 2.45) is 5.92 Å². The minimum absolute atomic E-state index is 0.00943. The molecule has 2 unspecified atom stereocenters. The topological polar surface area (TPSA) is 91.3 Å². The van der Waals surface area contributed by atoms with E-state index in [1.165, 1.54) is 16.7 Å². The standard InChI is InChI=1S/C12H19N3O3S/c1-4-7(2)8(3)14-12(18)13-5-10-15-9(6-19-10)11(16)17/h6-8H,4-5H2,1-3H3,(H,16,17)(H2,13,14,18). The Hall–Kier alpha value is -1.63. The average Bonchev–Trinajstić information content (AvgIpc) is 2.84. The van der Waals surface area contributed by atoms with Crippen LogP contribution in [0.4, 0.5) is 4.79 Å². The maximum Gasteiger partial charge on any atom is 0.355 e. The highest BCUT2D eigenvalue weighted by Gasteiger charge is 2.13. The van der Waals surface area contributed by atoms with E-state index in [2.05, 4.69) is 29.5 Å². The lowest BCUT2D eigenvalue weighted by Gasteiger charge is -2.19. The van der Waals surface area contributed by atoms with Gasteiger partial charge in [0.2, 0.25) is 0 Å². The third-order valence-corrected chi connectivity index (χ3v) is 3.88. The highest BCUT2D eigenvalue weighted by molar-refractivity contribution is 7.09. The number of carbonyl (C=O) groups excluding carboxylic acids is 1. The number of urea groups is 1. The van der Waals surface area contributed by atoms with Crippen molar-refractivity contribution in [3.63, 3.8) is 0 Å². The Balaban J connectivity index is 2.39. The molecule has 0 saturated heterocycles. The van der Waals surface area contributed by atoms with Gasteiger partial charge in [-0.25, -0.2) is 14.6 Å². The fraction of sp³-hybridized carbons (Fsp3) is 0.583. The van der Waals surface area contributed by atoms with Crippen LogP contribution >= 0.6 is 11.3 Å². The third-order valence-electron chi connectivity index (χ3n) is 3.03. The van der Waals surface area contributed by atoms with Gasteiger partial charge in [-0.1, -0.05) is 20.3 Å². The molecular weight excluding hydrogens is 266 g/mol. The molecule has 0 aliphatic carbocycles. The SMILES string of the molecule is CCC(C)C(C)NC(=O)NCc1nc(C(=O)O)cs1.